The molecular weight excluding hydrogens is 152 g/mol. The maximum Gasteiger partial charge on any atom is 0.303 e. The number of aliphatic carboxylic acids is 1. The summed E-state index contributed by atoms with van der Waals surface area (Å²) >= 11 is 0. The highest BCUT2D eigenvalue weighted by atomic mass is 16.5. The largest absolute Gasteiger partial charge is 0.542 e. The lowest BCUT2D eigenvalue weighted by atomic mass is 10.2. The fourth-order valence-electron chi connectivity index (χ4n) is 0.468. The second-order valence-corrected chi connectivity index (χ2v) is 1.90. The van der Waals surface area contributed by atoms with Crippen molar-refractivity contribution in [3.63, 3.8) is 0 Å². The topological polar surface area (TPSA) is 83.5 Å². The molecule has 0 heterocycles. The van der Waals surface area contributed by atoms with E-state index in [1.807, 2.05) is 0 Å². The summed E-state index contributed by atoms with van der Waals surface area (Å²) in [6.07, 6.45) is -1.27. The summed E-state index contributed by atoms with van der Waals surface area (Å²) in [6, 6.07) is 0. The molecule has 0 saturated heterocycles. The zero-order valence-corrected chi connectivity index (χ0v) is 6.12. The Morgan fingerprint density at radius 3 is 2.09 bits per heavy atom. The zero-order chi connectivity index (χ0) is 9.02. The van der Waals surface area contributed by atoms with Crippen molar-refractivity contribution in [3.8, 4) is 0 Å². The Hall–Kier alpha value is -1.39. The molecule has 0 N–H and O–H groups in total. The van der Waals surface area contributed by atoms with E-state index < -0.39 is 23.8 Å². The van der Waals surface area contributed by atoms with Crippen molar-refractivity contribution in [1.82, 2.24) is 0 Å². The summed E-state index contributed by atoms with van der Waals surface area (Å²) in [7, 11) is 0. The number of carbonyl (C=O) groups excluding carboxylic acids is 3. The first-order chi connectivity index (χ1) is 4.95. The molecule has 5 nitrogen and oxygen atoms in total. The molecule has 0 amide bonds. The number of carboxylic acid groups (broad SMARTS) is 1. The first-order valence-corrected chi connectivity index (χ1v) is 2.87. The lowest BCUT2D eigenvalue weighted by molar-refractivity contribution is -0.300. The molecule has 62 valence electrons. The number of rotatable bonds is 3. The van der Waals surface area contributed by atoms with E-state index in [1.54, 1.807) is 0 Å². The number of esters is 1. The highest BCUT2D eigenvalue weighted by molar-refractivity contribution is 6.33. The number of carbonyl (C=O) groups is 3. The van der Waals surface area contributed by atoms with E-state index >= 15 is 0 Å². The van der Waals surface area contributed by atoms with Gasteiger partial charge >= 0.3 is 5.97 Å². The molecule has 0 radical (unpaired) electrons. The number of hydrogen-bond acceptors (Lipinski definition) is 5. The molecule has 0 fully saturated rings. The van der Waals surface area contributed by atoms with Crippen LogP contribution in [0, 0.1) is 0 Å². The maximum atomic E-state index is 10.4. The van der Waals surface area contributed by atoms with Gasteiger partial charge in [-0.3, -0.25) is 9.59 Å². The Labute approximate surface area is 63.0 Å². The van der Waals surface area contributed by atoms with Crippen LogP contribution in [0.5, 0.6) is 0 Å². The molecule has 0 bridgehead atoms. The molecule has 11 heavy (non-hydrogen) atoms. The first-order valence-electron chi connectivity index (χ1n) is 2.87. The van der Waals surface area contributed by atoms with E-state index in [-0.39, 0.29) is 0 Å². The number of carboxylic acids is 1. The van der Waals surface area contributed by atoms with Crippen LogP contribution in [0.15, 0.2) is 0 Å². The van der Waals surface area contributed by atoms with Crippen LogP contribution in [0.25, 0.3) is 0 Å². The second-order valence-electron chi connectivity index (χ2n) is 1.90. The van der Waals surface area contributed by atoms with Crippen molar-refractivity contribution >= 4 is 17.7 Å². The van der Waals surface area contributed by atoms with Crippen LogP contribution in [-0.2, 0) is 19.1 Å². The maximum absolute atomic E-state index is 10.4. The lowest BCUT2D eigenvalue weighted by Gasteiger charge is -2.09. The van der Waals surface area contributed by atoms with Crippen molar-refractivity contribution < 1.29 is 24.2 Å². The van der Waals surface area contributed by atoms with E-state index in [2.05, 4.69) is 4.74 Å². The molecule has 0 aromatic rings. The molecule has 0 aliphatic carbocycles. The van der Waals surface area contributed by atoms with Crippen molar-refractivity contribution in [2.24, 2.45) is 0 Å². The van der Waals surface area contributed by atoms with Crippen molar-refractivity contribution in [2.45, 2.75) is 20.0 Å². The fourth-order valence-corrected chi connectivity index (χ4v) is 0.468. The standard InChI is InChI=1S/C6H8O5/c1-3(11-4(2)7)5(8)6(9)10/h3H,1-2H3,(H,9,10)/p-1. The summed E-state index contributed by atoms with van der Waals surface area (Å²) < 4.78 is 4.26. The van der Waals surface area contributed by atoms with E-state index in [0.717, 1.165) is 6.92 Å². The summed E-state index contributed by atoms with van der Waals surface area (Å²) in [5.74, 6) is -3.79. The van der Waals surface area contributed by atoms with Gasteiger partial charge in [0.15, 0.2) is 6.10 Å². The molecule has 0 spiro atoms. The summed E-state index contributed by atoms with van der Waals surface area (Å²) in [5.41, 5.74) is 0. The summed E-state index contributed by atoms with van der Waals surface area (Å²) in [6.45, 7) is 2.25. The Balaban J connectivity index is 4.03. The molecule has 0 aromatic carbocycles. The highest BCUT2D eigenvalue weighted by Gasteiger charge is 2.15. The molecule has 1 unspecified atom stereocenters. The van der Waals surface area contributed by atoms with Gasteiger partial charge in [-0.25, -0.2) is 0 Å². The van der Waals surface area contributed by atoms with Gasteiger partial charge in [-0.15, -0.1) is 0 Å². The van der Waals surface area contributed by atoms with Crippen molar-refractivity contribution in [3.05, 3.63) is 0 Å². The van der Waals surface area contributed by atoms with Gasteiger partial charge < -0.3 is 14.6 Å². The van der Waals surface area contributed by atoms with E-state index in [1.165, 1.54) is 6.92 Å². The minimum atomic E-state index is -1.85. The van der Waals surface area contributed by atoms with Gasteiger partial charge in [0.25, 0.3) is 0 Å². The Morgan fingerprint density at radius 1 is 1.36 bits per heavy atom. The Morgan fingerprint density at radius 2 is 1.82 bits per heavy atom. The zero-order valence-electron chi connectivity index (χ0n) is 6.12. The minimum absolute atomic E-state index is 0.702. The molecule has 0 saturated carbocycles. The van der Waals surface area contributed by atoms with Crippen LogP contribution >= 0.6 is 0 Å². The van der Waals surface area contributed by atoms with Gasteiger partial charge in [0.2, 0.25) is 5.78 Å². The normalized spacial score (nSPS) is 11.8. The van der Waals surface area contributed by atoms with Crippen LogP contribution in [0.2, 0.25) is 0 Å². The van der Waals surface area contributed by atoms with Gasteiger partial charge in [-0.2, -0.15) is 0 Å². The lowest BCUT2D eigenvalue weighted by Crippen LogP contribution is -2.39. The predicted molar refractivity (Wildman–Crippen MR) is 31.2 cm³/mol. The molecule has 0 aromatic heterocycles. The van der Waals surface area contributed by atoms with E-state index in [4.69, 9.17) is 0 Å². The molecule has 0 aliphatic rings. The van der Waals surface area contributed by atoms with Crippen LogP contribution < -0.4 is 5.11 Å². The average molecular weight is 159 g/mol. The number of ketones is 1. The van der Waals surface area contributed by atoms with Crippen LogP contribution in [0.4, 0.5) is 0 Å². The Bertz CT molecular complexity index is 195. The first kappa shape index (κ1) is 9.61. The predicted octanol–water partition coefficient (Wildman–Crippen LogP) is -1.74. The highest BCUT2D eigenvalue weighted by Crippen LogP contribution is 1.91. The molecule has 1 atom stereocenters. The van der Waals surface area contributed by atoms with Gasteiger partial charge in [0.1, 0.15) is 5.97 Å². The van der Waals surface area contributed by atoms with Crippen LogP contribution in [-0.4, -0.2) is 23.8 Å². The average Bonchev–Trinajstić information content (AvgIpc) is 1.84. The van der Waals surface area contributed by atoms with Crippen molar-refractivity contribution in [2.75, 3.05) is 0 Å². The third kappa shape index (κ3) is 3.34. The van der Waals surface area contributed by atoms with E-state index in [0.29, 0.717) is 0 Å². The number of hydrogen-bond donors (Lipinski definition) is 0. The third-order valence-electron chi connectivity index (χ3n) is 0.913. The van der Waals surface area contributed by atoms with Crippen molar-refractivity contribution in [1.29, 1.82) is 0 Å². The molecule has 5 heteroatoms. The smallest absolute Gasteiger partial charge is 0.303 e. The van der Waals surface area contributed by atoms with Crippen LogP contribution in [0.3, 0.4) is 0 Å². The number of ether oxygens (including phenoxy) is 1. The molecule has 0 rings (SSSR count). The van der Waals surface area contributed by atoms with Crippen LogP contribution in [0.1, 0.15) is 13.8 Å². The minimum Gasteiger partial charge on any atom is -0.542 e. The molecular formula is C6H7O5-. The van der Waals surface area contributed by atoms with Gasteiger partial charge in [0, 0.05) is 6.92 Å². The summed E-state index contributed by atoms with van der Waals surface area (Å²) in [5, 5.41) is 9.87. The monoisotopic (exact) mass is 159 g/mol. The SMILES string of the molecule is CC(=O)OC(C)C(=O)C(=O)[O-]. The second kappa shape index (κ2) is 3.70. The third-order valence-corrected chi connectivity index (χ3v) is 0.913. The van der Waals surface area contributed by atoms with Gasteiger partial charge in [0.05, 0.1) is 0 Å². The fraction of sp³-hybridized carbons (Fsp3) is 0.500. The Kier molecular flexibility index (Phi) is 3.23. The molecule has 0 aliphatic heterocycles. The number of Topliss-reactive ketones (excluding diaryl/α,β-unsaturated/α-hetero) is 1. The van der Waals surface area contributed by atoms with Gasteiger partial charge in [-0.05, 0) is 6.92 Å². The van der Waals surface area contributed by atoms with E-state index in [9.17, 15) is 19.5 Å². The van der Waals surface area contributed by atoms with Gasteiger partial charge in [-0.1, -0.05) is 0 Å². The summed E-state index contributed by atoms with van der Waals surface area (Å²) in [4.78, 5) is 30.5. The quantitative estimate of drug-likeness (QED) is 0.360.